The second kappa shape index (κ2) is 4.65. The van der Waals surface area contributed by atoms with Gasteiger partial charge in [-0.3, -0.25) is 4.79 Å². The van der Waals surface area contributed by atoms with Gasteiger partial charge in [0, 0.05) is 5.92 Å². The van der Waals surface area contributed by atoms with E-state index in [1.54, 1.807) is 0 Å². The third kappa shape index (κ3) is 2.41. The third-order valence-electron chi connectivity index (χ3n) is 4.12. The Hall–Kier alpha value is -0.370. The van der Waals surface area contributed by atoms with Gasteiger partial charge in [0.2, 0.25) is 0 Å². The number of aliphatic hydroxyl groups is 1. The topological polar surface area (TPSA) is 37.3 Å². The van der Waals surface area contributed by atoms with E-state index in [-0.39, 0.29) is 11.7 Å². The number of carbonyl (C=O) groups excluding carboxylic acids is 1. The molecule has 2 rings (SSSR count). The predicted molar refractivity (Wildman–Crippen MR) is 59.6 cm³/mol. The highest BCUT2D eigenvalue weighted by molar-refractivity contribution is 5.89. The Bertz CT molecular complexity index is 223. The maximum Gasteiger partial charge on any atom is 0.167 e. The Morgan fingerprint density at radius 2 is 1.47 bits per heavy atom. The lowest BCUT2D eigenvalue weighted by atomic mass is 9.74. The molecule has 0 aromatic rings. The SMILES string of the molecule is O=C(C1CCCCC1)C1(O)CCCCC1. The smallest absolute Gasteiger partial charge is 0.167 e. The molecule has 2 nitrogen and oxygen atoms in total. The number of ketones is 1. The summed E-state index contributed by atoms with van der Waals surface area (Å²) in [6.07, 6.45) is 10.3. The predicted octanol–water partition coefficient (Wildman–Crippen LogP) is 2.83. The number of Topliss-reactive ketones (excluding diaryl/α,β-unsaturated/α-hetero) is 1. The molecule has 0 aliphatic heterocycles. The van der Waals surface area contributed by atoms with E-state index in [9.17, 15) is 9.90 Å². The zero-order valence-electron chi connectivity index (χ0n) is 9.50. The van der Waals surface area contributed by atoms with Crippen molar-refractivity contribution in [2.45, 2.75) is 69.8 Å². The minimum Gasteiger partial charge on any atom is -0.382 e. The van der Waals surface area contributed by atoms with Crippen LogP contribution in [0.15, 0.2) is 0 Å². The quantitative estimate of drug-likeness (QED) is 0.761. The van der Waals surface area contributed by atoms with E-state index in [0.29, 0.717) is 12.8 Å². The van der Waals surface area contributed by atoms with Gasteiger partial charge in [0.05, 0.1) is 0 Å². The molecule has 0 aromatic carbocycles. The third-order valence-corrected chi connectivity index (χ3v) is 4.12. The van der Waals surface area contributed by atoms with Crippen LogP contribution in [0.2, 0.25) is 0 Å². The zero-order chi connectivity index (χ0) is 10.7. The van der Waals surface area contributed by atoms with E-state index < -0.39 is 5.60 Å². The van der Waals surface area contributed by atoms with E-state index in [2.05, 4.69) is 0 Å². The molecule has 0 heterocycles. The standard InChI is InChI=1S/C13H22O2/c14-12(11-7-3-1-4-8-11)13(15)9-5-2-6-10-13/h11,15H,1-10H2. The largest absolute Gasteiger partial charge is 0.382 e. The molecule has 2 heteroatoms. The van der Waals surface area contributed by atoms with Gasteiger partial charge in [-0.1, -0.05) is 38.5 Å². The Balaban J connectivity index is 1.98. The molecule has 0 radical (unpaired) electrons. The van der Waals surface area contributed by atoms with Crippen LogP contribution >= 0.6 is 0 Å². The first-order chi connectivity index (χ1) is 7.22. The Morgan fingerprint density at radius 1 is 0.933 bits per heavy atom. The fourth-order valence-electron chi connectivity index (χ4n) is 3.13. The van der Waals surface area contributed by atoms with Crippen molar-refractivity contribution in [3.05, 3.63) is 0 Å². The normalized spacial score (nSPS) is 27.5. The van der Waals surface area contributed by atoms with Crippen LogP contribution in [0.5, 0.6) is 0 Å². The van der Waals surface area contributed by atoms with Crippen LogP contribution in [-0.2, 0) is 4.79 Å². The zero-order valence-corrected chi connectivity index (χ0v) is 9.50. The van der Waals surface area contributed by atoms with Gasteiger partial charge in [0.15, 0.2) is 5.78 Å². The first-order valence-electron chi connectivity index (χ1n) is 6.49. The lowest BCUT2D eigenvalue weighted by Crippen LogP contribution is -2.44. The number of rotatable bonds is 2. The molecular formula is C13H22O2. The maximum atomic E-state index is 12.2. The summed E-state index contributed by atoms with van der Waals surface area (Å²) in [5.74, 6) is 0.337. The minimum atomic E-state index is -0.944. The highest BCUT2D eigenvalue weighted by atomic mass is 16.3. The van der Waals surface area contributed by atoms with E-state index in [1.165, 1.54) is 25.7 Å². The average Bonchev–Trinajstić information content (AvgIpc) is 2.30. The summed E-state index contributed by atoms with van der Waals surface area (Å²) in [6.45, 7) is 0. The van der Waals surface area contributed by atoms with Gasteiger partial charge < -0.3 is 5.11 Å². The molecule has 0 spiro atoms. The van der Waals surface area contributed by atoms with Crippen molar-refractivity contribution in [2.24, 2.45) is 5.92 Å². The molecule has 0 unspecified atom stereocenters. The van der Waals surface area contributed by atoms with E-state index in [0.717, 1.165) is 25.7 Å². The monoisotopic (exact) mass is 210 g/mol. The van der Waals surface area contributed by atoms with Gasteiger partial charge in [0.25, 0.3) is 0 Å². The van der Waals surface area contributed by atoms with Gasteiger partial charge in [-0.15, -0.1) is 0 Å². The van der Waals surface area contributed by atoms with Gasteiger partial charge in [-0.2, -0.15) is 0 Å². The summed E-state index contributed by atoms with van der Waals surface area (Å²) in [7, 11) is 0. The molecule has 15 heavy (non-hydrogen) atoms. The first kappa shape index (κ1) is 11.1. The van der Waals surface area contributed by atoms with Crippen LogP contribution < -0.4 is 0 Å². The second-order valence-corrected chi connectivity index (χ2v) is 5.29. The van der Waals surface area contributed by atoms with Crippen molar-refractivity contribution in [1.29, 1.82) is 0 Å². The van der Waals surface area contributed by atoms with Crippen molar-refractivity contribution in [3.8, 4) is 0 Å². The molecule has 0 saturated heterocycles. The van der Waals surface area contributed by atoms with E-state index >= 15 is 0 Å². The highest BCUT2D eigenvalue weighted by Gasteiger charge is 2.40. The average molecular weight is 210 g/mol. The van der Waals surface area contributed by atoms with Crippen molar-refractivity contribution < 1.29 is 9.90 Å². The minimum absolute atomic E-state index is 0.168. The molecule has 0 bridgehead atoms. The molecular weight excluding hydrogens is 188 g/mol. The van der Waals surface area contributed by atoms with Gasteiger partial charge >= 0.3 is 0 Å². The molecule has 2 fully saturated rings. The number of hydrogen-bond donors (Lipinski definition) is 1. The van der Waals surface area contributed by atoms with Crippen molar-refractivity contribution in [3.63, 3.8) is 0 Å². The molecule has 2 aliphatic carbocycles. The van der Waals surface area contributed by atoms with Crippen LogP contribution in [0, 0.1) is 5.92 Å². The Kier molecular flexibility index (Phi) is 3.45. The van der Waals surface area contributed by atoms with Crippen molar-refractivity contribution >= 4 is 5.78 Å². The molecule has 2 saturated carbocycles. The number of hydrogen-bond acceptors (Lipinski definition) is 2. The van der Waals surface area contributed by atoms with Crippen LogP contribution in [-0.4, -0.2) is 16.5 Å². The van der Waals surface area contributed by atoms with Crippen LogP contribution in [0.25, 0.3) is 0 Å². The second-order valence-electron chi connectivity index (χ2n) is 5.29. The van der Waals surface area contributed by atoms with E-state index in [4.69, 9.17) is 0 Å². The Morgan fingerprint density at radius 3 is 2.07 bits per heavy atom. The van der Waals surface area contributed by atoms with Crippen molar-refractivity contribution in [2.75, 3.05) is 0 Å². The van der Waals surface area contributed by atoms with Crippen LogP contribution in [0.1, 0.15) is 64.2 Å². The fraction of sp³-hybridized carbons (Fsp3) is 0.923. The van der Waals surface area contributed by atoms with Gasteiger partial charge in [-0.25, -0.2) is 0 Å². The summed E-state index contributed by atoms with van der Waals surface area (Å²) in [5, 5.41) is 10.3. The highest BCUT2D eigenvalue weighted by Crippen LogP contribution is 2.35. The molecule has 0 aromatic heterocycles. The van der Waals surface area contributed by atoms with Crippen LogP contribution in [0.4, 0.5) is 0 Å². The molecule has 1 N–H and O–H groups in total. The summed E-state index contributed by atoms with van der Waals surface area (Å²) in [5.41, 5.74) is -0.944. The summed E-state index contributed by atoms with van der Waals surface area (Å²) >= 11 is 0. The summed E-state index contributed by atoms with van der Waals surface area (Å²) in [6, 6.07) is 0. The summed E-state index contributed by atoms with van der Waals surface area (Å²) < 4.78 is 0. The first-order valence-corrected chi connectivity index (χ1v) is 6.49. The Labute approximate surface area is 92.1 Å². The number of carbonyl (C=O) groups is 1. The fourth-order valence-corrected chi connectivity index (χ4v) is 3.13. The van der Waals surface area contributed by atoms with Gasteiger partial charge in [-0.05, 0) is 25.7 Å². The molecule has 2 aliphatic rings. The molecule has 0 amide bonds. The van der Waals surface area contributed by atoms with Crippen molar-refractivity contribution in [1.82, 2.24) is 0 Å². The molecule has 86 valence electrons. The molecule has 0 atom stereocenters. The van der Waals surface area contributed by atoms with Gasteiger partial charge in [0.1, 0.15) is 5.60 Å². The lowest BCUT2D eigenvalue weighted by molar-refractivity contribution is -0.146. The maximum absolute atomic E-state index is 12.2. The van der Waals surface area contributed by atoms with E-state index in [1.807, 2.05) is 0 Å². The summed E-state index contributed by atoms with van der Waals surface area (Å²) in [4.78, 5) is 12.2. The van der Waals surface area contributed by atoms with Crippen LogP contribution in [0.3, 0.4) is 0 Å². The lowest BCUT2D eigenvalue weighted by Gasteiger charge is -2.34.